The van der Waals surface area contributed by atoms with Crippen molar-refractivity contribution in [3.63, 3.8) is 0 Å². The molecule has 1 N–H and O–H groups in total. The van der Waals surface area contributed by atoms with Gasteiger partial charge in [0.15, 0.2) is 0 Å². The first-order chi connectivity index (χ1) is 13.7. The molecule has 0 unspecified atom stereocenters. The molecule has 28 heavy (non-hydrogen) atoms. The Balaban J connectivity index is 1.50. The SMILES string of the molecule is Cc1ccc(-n2cc(-c3ccnc(NCCc4ccccc4)n3)c(C)n2)cc1. The molecule has 0 radical (unpaired) electrons. The summed E-state index contributed by atoms with van der Waals surface area (Å²) >= 11 is 0. The van der Waals surface area contributed by atoms with Crippen molar-refractivity contribution in [1.29, 1.82) is 0 Å². The first-order valence-corrected chi connectivity index (χ1v) is 9.43. The number of nitrogens with one attached hydrogen (secondary N) is 1. The molecule has 0 aliphatic heterocycles. The van der Waals surface area contributed by atoms with Crippen LogP contribution >= 0.6 is 0 Å². The molecular formula is C23H23N5. The van der Waals surface area contributed by atoms with Gasteiger partial charge in [0.2, 0.25) is 5.95 Å². The fourth-order valence-electron chi connectivity index (χ4n) is 3.10. The molecule has 140 valence electrons. The van der Waals surface area contributed by atoms with E-state index in [0.29, 0.717) is 5.95 Å². The quantitative estimate of drug-likeness (QED) is 0.540. The van der Waals surface area contributed by atoms with Crippen molar-refractivity contribution < 1.29 is 0 Å². The topological polar surface area (TPSA) is 55.6 Å². The Morgan fingerprint density at radius 3 is 2.50 bits per heavy atom. The normalized spacial score (nSPS) is 10.8. The predicted molar refractivity (Wildman–Crippen MR) is 113 cm³/mol. The lowest BCUT2D eigenvalue weighted by molar-refractivity contribution is 0.862. The Morgan fingerprint density at radius 1 is 0.929 bits per heavy atom. The van der Waals surface area contributed by atoms with E-state index in [9.17, 15) is 0 Å². The average Bonchev–Trinajstić information content (AvgIpc) is 3.11. The average molecular weight is 369 g/mol. The smallest absolute Gasteiger partial charge is 0.223 e. The van der Waals surface area contributed by atoms with E-state index >= 15 is 0 Å². The highest BCUT2D eigenvalue weighted by atomic mass is 15.3. The summed E-state index contributed by atoms with van der Waals surface area (Å²) in [6, 6.07) is 20.6. The van der Waals surface area contributed by atoms with E-state index in [4.69, 9.17) is 0 Å². The number of hydrogen-bond acceptors (Lipinski definition) is 4. The van der Waals surface area contributed by atoms with Gasteiger partial charge in [0.1, 0.15) is 0 Å². The molecule has 4 rings (SSSR count). The van der Waals surface area contributed by atoms with Crippen LogP contribution in [0.1, 0.15) is 16.8 Å². The summed E-state index contributed by atoms with van der Waals surface area (Å²) in [5, 5.41) is 7.97. The Labute approximate surface area is 165 Å². The fourth-order valence-corrected chi connectivity index (χ4v) is 3.10. The van der Waals surface area contributed by atoms with Crippen LogP contribution in [0, 0.1) is 13.8 Å². The summed E-state index contributed by atoms with van der Waals surface area (Å²) in [6.45, 7) is 4.87. The summed E-state index contributed by atoms with van der Waals surface area (Å²) in [7, 11) is 0. The Morgan fingerprint density at radius 2 is 1.71 bits per heavy atom. The van der Waals surface area contributed by atoms with E-state index in [1.54, 1.807) is 6.20 Å². The number of aryl methyl sites for hydroxylation is 2. The molecule has 0 saturated heterocycles. The second kappa shape index (κ2) is 8.05. The van der Waals surface area contributed by atoms with Crippen LogP contribution in [0.25, 0.3) is 16.9 Å². The number of rotatable bonds is 6. The van der Waals surface area contributed by atoms with Gasteiger partial charge in [-0.3, -0.25) is 0 Å². The Bertz CT molecular complexity index is 1050. The van der Waals surface area contributed by atoms with Gasteiger partial charge in [0, 0.05) is 24.5 Å². The van der Waals surface area contributed by atoms with Gasteiger partial charge < -0.3 is 5.32 Å². The maximum atomic E-state index is 4.68. The Kier molecular flexibility index (Phi) is 5.15. The van der Waals surface area contributed by atoms with Gasteiger partial charge in [-0.2, -0.15) is 5.10 Å². The monoisotopic (exact) mass is 369 g/mol. The molecular weight excluding hydrogens is 346 g/mol. The van der Waals surface area contributed by atoms with E-state index in [1.807, 2.05) is 29.9 Å². The second-order valence-electron chi connectivity index (χ2n) is 6.84. The first kappa shape index (κ1) is 17.9. The summed E-state index contributed by atoms with van der Waals surface area (Å²) in [4.78, 5) is 9.03. The molecule has 0 aliphatic rings. The van der Waals surface area contributed by atoms with Gasteiger partial charge in [-0.05, 0) is 44.0 Å². The van der Waals surface area contributed by atoms with Crippen LogP contribution in [0.2, 0.25) is 0 Å². The van der Waals surface area contributed by atoms with Gasteiger partial charge in [0.25, 0.3) is 0 Å². The number of nitrogens with zero attached hydrogens (tertiary/aromatic N) is 4. The van der Waals surface area contributed by atoms with E-state index in [0.717, 1.165) is 35.6 Å². The number of anilines is 1. The van der Waals surface area contributed by atoms with Gasteiger partial charge in [-0.25, -0.2) is 14.6 Å². The summed E-state index contributed by atoms with van der Waals surface area (Å²) < 4.78 is 1.90. The highest BCUT2D eigenvalue weighted by Crippen LogP contribution is 2.23. The highest BCUT2D eigenvalue weighted by Gasteiger charge is 2.11. The largest absolute Gasteiger partial charge is 0.354 e. The molecule has 4 aromatic rings. The molecule has 0 saturated carbocycles. The summed E-state index contributed by atoms with van der Waals surface area (Å²) in [5.74, 6) is 0.635. The van der Waals surface area contributed by atoms with Crippen LogP contribution < -0.4 is 5.32 Å². The minimum atomic E-state index is 0.635. The molecule has 0 bridgehead atoms. The van der Waals surface area contributed by atoms with Crippen molar-refractivity contribution in [1.82, 2.24) is 19.7 Å². The number of aromatic nitrogens is 4. The molecule has 0 spiro atoms. The lowest BCUT2D eigenvalue weighted by atomic mass is 10.1. The van der Waals surface area contributed by atoms with Crippen molar-refractivity contribution in [2.75, 3.05) is 11.9 Å². The fraction of sp³-hybridized carbons (Fsp3) is 0.174. The van der Waals surface area contributed by atoms with Gasteiger partial charge >= 0.3 is 0 Å². The second-order valence-corrected chi connectivity index (χ2v) is 6.84. The van der Waals surface area contributed by atoms with E-state index < -0.39 is 0 Å². The molecule has 0 aliphatic carbocycles. The van der Waals surface area contributed by atoms with Gasteiger partial charge in [-0.1, -0.05) is 48.0 Å². The first-order valence-electron chi connectivity index (χ1n) is 9.43. The van der Waals surface area contributed by atoms with Crippen LogP contribution in [0.3, 0.4) is 0 Å². The Hall–Kier alpha value is -3.47. The lowest BCUT2D eigenvalue weighted by Gasteiger charge is -2.06. The third-order valence-electron chi connectivity index (χ3n) is 4.67. The zero-order valence-corrected chi connectivity index (χ0v) is 16.1. The molecule has 0 fully saturated rings. The van der Waals surface area contributed by atoms with Crippen molar-refractivity contribution >= 4 is 5.95 Å². The van der Waals surface area contributed by atoms with Crippen LogP contribution in [0.4, 0.5) is 5.95 Å². The van der Waals surface area contributed by atoms with Crippen LogP contribution in [0.5, 0.6) is 0 Å². The van der Waals surface area contributed by atoms with E-state index in [-0.39, 0.29) is 0 Å². The number of hydrogen-bond donors (Lipinski definition) is 1. The lowest BCUT2D eigenvalue weighted by Crippen LogP contribution is -2.08. The predicted octanol–water partition coefficient (Wildman–Crippen LogP) is 4.60. The maximum absolute atomic E-state index is 4.68. The zero-order valence-electron chi connectivity index (χ0n) is 16.1. The highest BCUT2D eigenvalue weighted by molar-refractivity contribution is 5.62. The van der Waals surface area contributed by atoms with Crippen molar-refractivity contribution in [2.45, 2.75) is 20.3 Å². The zero-order chi connectivity index (χ0) is 19.3. The van der Waals surface area contributed by atoms with E-state index in [1.165, 1.54) is 11.1 Å². The standard InChI is InChI=1S/C23H23N5/c1-17-8-10-20(11-9-17)28-16-21(18(2)27-28)22-13-15-25-23(26-22)24-14-12-19-6-4-3-5-7-19/h3-11,13,15-16H,12,14H2,1-2H3,(H,24,25,26). The van der Waals surface area contributed by atoms with Crippen molar-refractivity contribution in [3.05, 3.63) is 89.9 Å². The van der Waals surface area contributed by atoms with Crippen LogP contribution in [-0.2, 0) is 6.42 Å². The minimum Gasteiger partial charge on any atom is -0.354 e. The third kappa shape index (κ3) is 4.09. The molecule has 2 aromatic carbocycles. The maximum Gasteiger partial charge on any atom is 0.223 e. The molecule has 2 aromatic heterocycles. The molecule has 0 atom stereocenters. The van der Waals surface area contributed by atoms with Crippen LogP contribution in [0.15, 0.2) is 73.1 Å². The van der Waals surface area contributed by atoms with E-state index in [2.05, 4.69) is 75.8 Å². The minimum absolute atomic E-state index is 0.635. The molecule has 5 nitrogen and oxygen atoms in total. The summed E-state index contributed by atoms with van der Waals surface area (Å²) in [5.41, 5.74) is 6.38. The van der Waals surface area contributed by atoms with Crippen molar-refractivity contribution in [3.8, 4) is 16.9 Å². The number of benzene rings is 2. The van der Waals surface area contributed by atoms with Gasteiger partial charge in [-0.15, -0.1) is 0 Å². The van der Waals surface area contributed by atoms with Gasteiger partial charge in [0.05, 0.1) is 17.1 Å². The van der Waals surface area contributed by atoms with Crippen LogP contribution in [-0.4, -0.2) is 26.3 Å². The molecule has 5 heteroatoms. The summed E-state index contributed by atoms with van der Waals surface area (Å²) in [6.07, 6.45) is 4.74. The molecule has 2 heterocycles. The molecule has 0 amide bonds. The van der Waals surface area contributed by atoms with Crippen molar-refractivity contribution in [2.24, 2.45) is 0 Å². The third-order valence-corrected chi connectivity index (χ3v) is 4.67.